The van der Waals surface area contributed by atoms with Crippen LogP contribution < -0.4 is 9.47 Å². The Morgan fingerprint density at radius 1 is 0.838 bits per heavy atom. The fourth-order valence-corrected chi connectivity index (χ4v) is 3.36. The van der Waals surface area contributed by atoms with Crippen LogP contribution in [-0.4, -0.2) is 26.3 Å². The maximum Gasteiger partial charge on any atom is 0.330 e. The van der Waals surface area contributed by atoms with E-state index < -0.39 is 0 Å². The quantitative estimate of drug-likeness (QED) is 0.0856. The third kappa shape index (κ3) is 9.65. The van der Waals surface area contributed by atoms with Gasteiger partial charge in [-0.3, -0.25) is 0 Å². The molecule has 190 valence electrons. The molecular weight excluding hydrogens is 464 g/mol. The molecule has 0 spiro atoms. The second kappa shape index (κ2) is 14.9. The lowest BCUT2D eigenvalue weighted by Crippen LogP contribution is -2.02. The van der Waals surface area contributed by atoms with E-state index in [1.54, 1.807) is 7.11 Å². The molecule has 0 N–H and O–H groups in total. The lowest BCUT2D eigenvalue weighted by Gasteiger charge is -2.06. The van der Waals surface area contributed by atoms with Gasteiger partial charge in [-0.1, -0.05) is 18.4 Å². The molecule has 0 fully saturated rings. The number of hydrogen-bond acceptors (Lipinski definition) is 6. The third-order valence-corrected chi connectivity index (χ3v) is 5.47. The maximum atomic E-state index is 11.0. The summed E-state index contributed by atoms with van der Waals surface area (Å²) < 4.78 is 15.9. The van der Waals surface area contributed by atoms with Gasteiger partial charge in [0.1, 0.15) is 11.5 Å². The van der Waals surface area contributed by atoms with Crippen LogP contribution in [0.15, 0.2) is 89.6 Å². The number of esters is 1. The second-order valence-electron chi connectivity index (χ2n) is 8.31. The zero-order valence-corrected chi connectivity index (χ0v) is 21.4. The van der Waals surface area contributed by atoms with Crippen molar-refractivity contribution >= 4 is 17.3 Å². The predicted octanol–water partition coefficient (Wildman–Crippen LogP) is 7.49. The van der Waals surface area contributed by atoms with E-state index in [0.29, 0.717) is 13.2 Å². The molecule has 0 atom stereocenters. The predicted molar refractivity (Wildman–Crippen MR) is 146 cm³/mol. The van der Waals surface area contributed by atoms with Gasteiger partial charge in [-0.25, -0.2) is 4.79 Å². The molecule has 0 radical (unpaired) electrons. The van der Waals surface area contributed by atoms with E-state index in [-0.39, 0.29) is 5.97 Å². The number of rotatable bonds is 12. The molecular formula is C31H32N2O4. The molecule has 0 aliphatic rings. The first-order valence-electron chi connectivity index (χ1n) is 12.3. The fourth-order valence-electron chi connectivity index (χ4n) is 3.36. The smallest absolute Gasteiger partial charge is 0.330 e. The Hall–Kier alpha value is -4.37. The molecule has 0 heterocycles. The van der Waals surface area contributed by atoms with Gasteiger partial charge in [0.25, 0.3) is 0 Å². The average molecular weight is 497 g/mol. The summed E-state index contributed by atoms with van der Waals surface area (Å²) in [5.41, 5.74) is 4.41. The number of methoxy groups -OCH3 is 1. The van der Waals surface area contributed by atoms with Crippen molar-refractivity contribution in [2.75, 3.05) is 20.3 Å². The van der Waals surface area contributed by atoms with Gasteiger partial charge in [0, 0.05) is 17.2 Å². The van der Waals surface area contributed by atoms with Crippen LogP contribution in [0, 0.1) is 18.8 Å². The Bertz CT molecular complexity index is 1250. The van der Waals surface area contributed by atoms with Crippen LogP contribution in [0.25, 0.3) is 0 Å². The molecule has 0 bridgehead atoms. The van der Waals surface area contributed by atoms with Crippen LogP contribution in [0.5, 0.6) is 11.5 Å². The molecule has 0 unspecified atom stereocenters. The van der Waals surface area contributed by atoms with Crippen LogP contribution >= 0.6 is 0 Å². The minimum atomic E-state index is -0.370. The van der Waals surface area contributed by atoms with E-state index >= 15 is 0 Å². The first-order valence-corrected chi connectivity index (χ1v) is 12.3. The summed E-state index contributed by atoms with van der Waals surface area (Å²) >= 11 is 0. The Kier molecular flexibility index (Phi) is 11.0. The molecule has 6 heteroatoms. The van der Waals surface area contributed by atoms with Crippen LogP contribution in [0.1, 0.15) is 42.4 Å². The van der Waals surface area contributed by atoms with Gasteiger partial charge >= 0.3 is 5.97 Å². The van der Waals surface area contributed by atoms with E-state index in [1.807, 2.05) is 73.7 Å². The van der Waals surface area contributed by atoms with Gasteiger partial charge in [0.05, 0.1) is 31.7 Å². The molecule has 0 saturated heterocycles. The van der Waals surface area contributed by atoms with E-state index in [0.717, 1.165) is 65.2 Å². The number of ether oxygens (including phenoxy) is 3. The summed E-state index contributed by atoms with van der Waals surface area (Å²) in [5.74, 6) is 7.60. The van der Waals surface area contributed by atoms with Crippen LogP contribution in [0.3, 0.4) is 0 Å². The zero-order chi connectivity index (χ0) is 26.3. The van der Waals surface area contributed by atoms with Gasteiger partial charge in [-0.2, -0.15) is 10.2 Å². The summed E-state index contributed by atoms with van der Waals surface area (Å²) in [6.45, 7) is 6.44. The highest BCUT2D eigenvalue weighted by atomic mass is 16.5. The van der Waals surface area contributed by atoms with Crippen LogP contribution in [0.2, 0.25) is 0 Å². The highest BCUT2D eigenvalue weighted by Crippen LogP contribution is 2.24. The topological polar surface area (TPSA) is 69.5 Å². The van der Waals surface area contributed by atoms with Crippen molar-refractivity contribution < 1.29 is 19.0 Å². The summed E-state index contributed by atoms with van der Waals surface area (Å²) in [6, 6.07) is 21.1. The fraction of sp³-hybridized carbons (Fsp3) is 0.258. The molecule has 0 aromatic heterocycles. The van der Waals surface area contributed by atoms with E-state index in [4.69, 9.17) is 14.2 Å². The highest BCUT2D eigenvalue weighted by molar-refractivity contribution is 5.81. The van der Waals surface area contributed by atoms with E-state index in [2.05, 4.69) is 28.6 Å². The third-order valence-electron chi connectivity index (χ3n) is 5.47. The first-order chi connectivity index (χ1) is 18.1. The molecule has 3 aromatic carbocycles. The Labute approximate surface area is 219 Å². The summed E-state index contributed by atoms with van der Waals surface area (Å²) in [6.07, 6.45) is 4.97. The number of aryl methyl sites for hydroxylation is 1. The van der Waals surface area contributed by atoms with Crippen LogP contribution in [0.4, 0.5) is 11.4 Å². The van der Waals surface area contributed by atoms with Crippen LogP contribution in [-0.2, 0) is 9.53 Å². The molecule has 0 aliphatic carbocycles. The van der Waals surface area contributed by atoms with Crippen molar-refractivity contribution in [3.05, 3.63) is 96.1 Å². The van der Waals surface area contributed by atoms with E-state index in [1.165, 1.54) is 6.08 Å². The number of hydrogen-bond donors (Lipinski definition) is 0. The number of azo groups is 1. The van der Waals surface area contributed by atoms with Crippen molar-refractivity contribution in [2.45, 2.75) is 32.6 Å². The van der Waals surface area contributed by atoms with Crippen molar-refractivity contribution in [1.82, 2.24) is 0 Å². The van der Waals surface area contributed by atoms with Gasteiger partial charge in [-0.05, 0) is 105 Å². The lowest BCUT2D eigenvalue weighted by atomic mass is 10.1. The van der Waals surface area contributed by atoms with Gasteiger partial charge in [-0.15, -0.1) is 0 Å². The van der Waals surface area contributed by atoms with Gasteiger partial charge < -0.3 is 14.2 Å². The average Bonchev–Trinajstić information content (AvgIpc) is 2.93. The van der Waals surface area contributed by atoms with Crippen molar-refractivity contribution in [2.24, 2.45) is 10.2 Å². The molecule has 0 saturated carbocycles. The number of carbonyl (C=O) groups excluding carboxylic acids is 1. The summed E-state index contributed by atoms with van der Waals surface area (Å²) in [4.78, 5) is 11.0. The molecule has 0 aliphatic heterocycles. The monoisotopic (exact) mass is 496 g/mol. The minimum absolute atomic E-state index is 0.370. The SMILES string of the molecule is C=CC(=O)OCCCCCCOc1ccc(N=Nc2ccc(C#Cc3ccc(OC)cc3)cc2C)cc1. The van der Waals surface area contributed by atoms with Gasteiger partial charge in [0.15, 0.2) is 0 Å². The number of nitrogens with zero attached hydrogens (tertiary/aromatic N) is 2. The normalized spacial score (nSPS) is 10.4. The number of benzene rings is 3. The lowest BCUT2D eigenvalue weighted by molar-refractivity contribution is -0.137. The standard InChI is InChI=1S/C31H32N2O4/c1-4-31(34)37-22-8-6-5-7-21-36-29-18-14-27(15-19-29)32-33-30-20-13-26(23-24(30)2)10-9-25-11-16-28(35-3)17-12-25/h4,11-20,23H,1,5-8,21-22H2,2-3H3. The van der Waals surface area contributed by atoms with Gasteiger partial charge in [0.2, 0.25) is 0 Å². The van der Waals surface area contributed by atoms with Crippen molar-refractivity contribution in [1.29, 1.82) is 0 Å². The largest absolute Gasteiger partial charge is 0.497 e. The Balaban J connectivity index is 1.43. The molecule has 0 amide bonds. The second-order valence-corrected chi connectivity index (χ2v) is 8.31. The Morgan fingerprint density at radius 2 is 1.49 bits per heavy atom. The number of unbranched alkanes of at least 4 members (excludes halogenated alkanes) is 3. The van der Waals surface area contributed by atoms with Crippen molar-refractivity contribution in [3.8, 4) is 23.3 Å². The molecule has 3 aromatic rings. The molecule has 37 heavy (non-hydrogen) atoms. The Morgan fingerprint density at radius 3 is 2.16 bits per heavy atom. The molecule has 6 nitrogen and oxygen atoms in total. The summed E-state index contributed by atoms with van der Waals surface area (Å²) in [5, 5.41) is 8.75. The maximum absolute atomic E-state index is 11.0. The van der Waals surface area contributed by atoms with E-state index in [9.17, 15) is 4.79 Å². The number of carbonyl (C=O) groups is 1. The zero-order valence-electron chi connectivity index (χ0n) is 21.4. The minimum Gasteiger partial charge on any atom is -0.497 e. The summed E-state index contributed by atoms with van der Waals surface area (Å²) in [7, 11) is 1.65. The van der Waals surface area contributed by atoms with Crippen molar-refractivity contribution in [3.63, 3.8) is 0 Å². The first kappa shape index (κ1) is 27.2. The molecule has 3 rings (SSSR count). The highest BCUT2D eigenvalue weighted by Gasteiger charge is 2.00.